The number of alkyl carbamates (subject to hydrolysis) is 1. The molecule has 23 heavy (non-hydrogen) atoms. The number of hydrogen-bond acceptors (Lipinski definition) is 3. The van der Waals surface area contributed by atoms with E-state index in [2.05, 4.69) is 5.32 Å². The fourth-order valence-corrected chi connectivity index (χ4v) is 2.83. The van der Waals surface area contributed by atoms with Crippen molar-refractivity contribution in [2.45, 2.75) is 45.6 Å². The molecule has 1 aromatic carbocycles. The molecule has 128 valence electrons. The van der Waals surface area contributed by atoms with Gasteiger partial charge in [0.2, 0.25) is 0 Å². The lowest BCUT2D eigenvalue weighted by atomic mass is 10.1. The van der Waals surface area contributed by atoms with Gasteiger partial charge in [0.15, 0.2) is 0 Å². The number of amides is 1. The van der Waals surface area contributed by atoms with E-state index >= 15 is 0 Å². The Morgan fingerprint density at radius 1 is 1.43 bits per heavy atom. The van der Waals surface area contributed by atoms with Crippen LogP contribution in [-0.4, -0.2) is 24.8 Å². The zero-order valence-electron chi connectivity index (χ0n) is 13.9. The van der Waals surface area contributed by atoms with E-state index in [4.69, 9.17) is 21.1 Å². The van der Waals surface area contributed by atoms with Gasteiger partial charge in [-0.15, -0.1) is 0 Å². The highest BCUT2D eigenvalue weighted by atomic mass is 35.5. The van der Waals surface area contributed by atoms with Crippen LogP contribution in [0.4, 0.5) is 9.18 Å². The summed E-state index contributed by atoms with van der Waals surface area (Å²) in [7, 11) is 0. The Labute approximate surface area is 141 Å². The Morgan fingerprint density at radius 3 is 2.74 bits per heavy atom. The molecular formula is C17H23ClFNO3. The second-order valence-electron chi connectivity index (χ2n) is 6.69. The SMILES string of the molecule is CCOc1ccc(F)c(Cl)c1C1CC1CNC(=O)OC(C)(C)C. The van der Waals surface area contributed by atoms with Crippen molar-refractivity contribution in [1.82, 2.24) is 5.32 Å². The van der Waals surface area contributed by atoms with Crippen LogP contribution in [0.15, 0.2) is 12.1 Å². The average Bonchev–Trinajstić information content (AvgIpc) is 3.18. The number of carbonyl (C=O) groups is 1. The molecule has 1 aromatic rings. The van der Waals surface area contributed by atoms with E-state index in [1.165, 1.54) is 6.07 Å². The van der Waals surface area contributed by atoms with Gasteiger partial charge in [-0.2, -0.15) is 0 Å². The summed E-state index contributed by atoms with van der Waals surface area (Å²) in [5, 5.41) is 2.86. The molecule has 0 saturated heterocycles. The standard InChI is InChI=1S/C17H23ClFNO3/c1-5-22-13-7-6-12(19)15(18)14(13)11-8-10(11)9-20-16(21)23-17(2,3)4/h6-7,10-11H,5,8-9H2,1-4H3,(H,20,21). The first-order chi connectivity index (χ1) is 10.7. The third-order valence-electron chi connectivity index (χ3n) is 3.59. The van der Waals surface area contributed by atoms with E-state index in [1.807, 2.05) is 27.7 Å². The highest BCUT2D eigenvalue weighted by Gasteiger charge is 2.42. The highest BCUT2D eigenvalue weighted by molar-refractivity contribution is 6.31. The van der Waals surface area contributed by atoms with Crippen LogP contribution in [0.2, 0.25) is 5.02 Å². The molecule has 0 bridgehead atoms. The Hall–Kier alpha value is -1.49. The minimum Gasteiger partial charge on any atom is -0.494 e. The van der Waals surface area contributed by atoms with Crippen molar-refractivity contribution in [2.75, 3.05) is 13.2 Å². The maximum atomic E-state index is 13.7. The van der Waals surface area contributed by atoms with Gasteiger partial charge in [0, 0.05) is 12.1 Å². The molecule has 2 atom stereocenters. The van der Waals surface area contributed by atoms with Crippen molar-refractivity contribution in [3.8, 4) is 5.75 Å². The van der Waals surface area contributed by atoms with Gasteiger partial charge < -0.3 is 14.8 Å². The summed E-state index contributed by atoms with van der Waals surface area (Å²) >= 11 is 6.12. The van der Waals surface area contributed by atoms with Crippen molar-refractivity contribution in [3.05, 3.63) is 28.5 Å². The van der Waals surface area contributed by atoms with Crippen LogP contribution in [-0.2, 0) is 4.74 Å². The van der Waals surface area contributed by atoms with Crippen molar-refractivity contribution >= 4 is 17.7 Å². The van der Waals surface area contributed by atoms with Crippen molar-refractivity contribution in [1.29, 1.82) is 0 Å². The Balaban J connectivity index is 1.98. The van der Waals surface area contributed by atoms with Gasteiger partial charge in [0.25, 0.3) is 0 Å². The van der Waals surface area contributed by atoms with Gasteiger partial charge in [0.1, 0.15) is 17.2 Å². The molecule has 0 aliphatic heterocycles. The van der Waals surface area contributed by atoms with E-state index < -0.39 is 17.5 Å². The van der Waals surface area contributed by atoms with Gasteiger partial charge in [-0.3, -0.25) is 0 Å². The van der Waals surface area contributed by atoms with Gasteiger partial charge in [-0.05, 0) is 58.1 Å². The summed E-state index contributed by atoms with van der Waals surface area (Å²) in [6.45, 7) is 8.27. The first-order valence-electron chi connectivity index (χ1n) is 7.80. The van der Waals surface area contributed by atoms with Crippen LogP contribution in [0.25, 0.3) is 0 Å². The van der Waals surface area contributed by atoms with Gasteiger partial charge in [-0.25, -0.2) is 9.18 Å². The summed E-state index contributed by atoms with van der Waals surface area (Å²) in [4.78, 5) is 11.7. The zero-order valence-corrected chi connectivity index (χ0v) is 14.7. The molecule has 1 aliphatic carbocycles. The predicted molar refractivity (Wildman–Crippen MR) is 87.7 cm³/mol. The summed E-state index contributed by atoms with van der Waals surface area (Å²) in [6.07, 6.45) is 0.387. The number of benzene rings is 1. The maximum Gasteiger partial charge on any atom is 0.407 e. The molecular weight excluding hydrogens is 321 g/mol. The monoisotopic (exact) mass is 343 g/mol. The van der Waals surface area contributed by atoms with E-state index in [1.54, 1.807) is 6.07 Å². The smallest absolute Gasteiger partial charge is 0.407 e. The lowest BCUT2D eigenvalue weighted by molar-refractivity contribution is 0.0525. The quantitative estimate of drug-likeness (QED) is 0.855. The topological polar surface area (TPSA) is 47.6 Å². The van der Waals surface area contributed by atoms with E-state index in [9.17, 15) is 9.18 Å². The molecule has 0 spiro atoms. The molecule has 1 amide bonds. The maximum absolute atomic E-state index is 13.7. The number of nitrogens with one attached hydrogen (secondary N) is 1. The minimum atomic E-state index is -0.527. The molecule has 0 aromatic heterocycles. The first-order valence-corrected chi connectivity index (χ1v) is 8.18. The summed E-state index contributed by atoms with van der Waals surface area (Å²) in [6, 6.07) is 2.92. The van der Waals surface area contributed by atoms with Crippen molar-refractivity contribution < 1.29 is 18.7 Å². The number of ether oxygens (including phenoxy) is 2. The van der Waals surface area contributed by atoms with Crippen LogP contribution >= 0.6 is 11.6 Å². The van der Waals surface area contributed by atoms with Crippen LogP contribution in [0, 0.1) is 11.7 Å². The molecule has 0 radical (unpaired) electrons. The number of halogens is 2. The molecule has 4 nitrogen and oxygen atoms in total. The number of hydrogen-bond donors (Lipinski definition) is 1. The Morgan fingerprint density at radius 2 is 2.13 bits per heavy atom. The number of rotatable bonds is 5. The lowest BCUT2D eigenvalue weighted by Crippen LogP contribution is -2.33. The van der Waals surface area contributed by atoms with Crippen LogP contribution in [0.3, 0.4) is 0 Å². The zero-order chi connectivity index (χ0) is 17.2. The van der Waals surface area contributed by atoms with Crippen molar-refractivity contribution in [3.63, 3.8) is 0 Å². The second kappa shape index (κ2) is 6.95. The van der Waals surface area contributed by atoms with Crippen LogP contribution in [0.1, 0.15) is 45.6 Å². The summed E-state index contributed by atoms with van der Waals surface area (Å²) < 4.78 is 24.5. The van der Waals surface area contributed by atoms with Gasteiger partial charge in [-0.1, -0.05) is 11.6 Å². The molecule has 1 N–H and O–H groups in total. The molecule has 6 heteroatoms. The largest absolute Gasteiger partial charge is 0.494 e. The minimum absolute atomic E-state index is 0.0923. The lowest BCUT2D eigenvalue weighted by Gasteiger charge is -2.19. The van der Waals surface area contributed by atoms with Gasteiger partial charge in [0.05, 0.1) is 11.6 Å². The molecule has 2 rings (SSSR count). The van der Waals surface area contributed by atoms with Crippen molar-refractivity contribution in [2.24, 2.45) is 5.92 Å². The molecule has 1 fully saturated rings. The summed E-state index contributed by atoms with van der Waals surface area (Å²) in [5.74, 6) is 0.468. The average molecular weight is 344 g/mol. The van der Waals surface area contributed by atoms with E-state index in [0.717, 1.165) is 6.42 Å². The molecule has 1 aliphatic rings. The normalized spacial score (nSPS) is 20.1. The highest BCUT2D eigenvalue weighted by Crippen LogP contribution is 2.52. The molecule has 1 saturated carbocycles. The Kier molecular flexibility index (Phi) is 5.40. The fraction of sp³-hybridized carbons (Fsp3) is 0.588. The van der Waals surface area contributed by atoms with Crippen LogP contribution < -0.4 is 10.1 Å². The third-order valence-corrected chi connectivity index (χ3v) is 3.98. The third kappa shape index (κ3) is 4.74. The second-order valence-corrected chi connectivity index (χ2v) is 7.07. The van der Waals surface area contributed by atoms with E-state index in [-0.39, 0.29) is 16.9 Å². The Bertz CT molecular complexity index is 586. The summed E-state index contributed by atoms with van der Waals surface area (Å²) in [5.41, 5.74) is 0.172. The first kappa shape index (κ1) is 17.9. The van der Waals surface area contributed by atoms with Gasteiger partial charge >= 0.3 is 6.09 Å². The predicted octanol–water partition coefficient (Wildman–Crippen LogP) is 4.51. The molecule has 0 heterocycles. The van der Waals surface area contributed by atoms with E-state index in [0.29, 0.717) is 24.5 Å². The van der Waals surface area contributed by atoms with Crippen LogP contribution in [0.5, 0.6) is 5.75 Å². The molecule has 2 unspecified atom stereocenters. The number of carbonyl (C=O) groups excluding carboxylic acids is 1. The fourth-order valence-electron chi connectivity index (χ4n) is 2.53.